The van der Waals surface area contributed by atoms with Gasteiger partial charge in [-0.3, -0.25) is 4.79 Å². The second-order valence-corrected chi connectivity index (χ2v) is 5.14. The first-order chi connectivity index (χ1) is 8.85. The van der Waals surface area contributed by atoms with Gasteiger partial charge in [-0.25, -0.2) is 0 Å². The van der Waals surface area contributed by atoms with E-state index in [1.165, 1.54) is 6.07 Å². The van der Waals surface area contributed by atoms with Gasteiger partial charge in [-0.05, 0) is 34.4 Å². The summed E-state index contributed by atoms with van der Waals surface area (Å²) in [5.41, 5.74) is 0.0484. The molecular formula is C13H23N3O3. The van der Waals surface area contributed by atoms with Crippen molar-refractivity contribution < 1.29 is 14.4 Å². The number of nitrogens with zero attached hydrogens (tertiary/aromatic N) is 2. The number of likely N-dealkylation sites (N-methyl/N-ethyl adjacent to an activating group) is 1. The minimum atomic E-state index is -0.294. The largest absolute Gasteiger partial charge is 0.388 e. The van der Waals surface area contributed by atoms with Gasteiger partial charge in [0.15, 0.2) is 11.5 Å². The standard InChI is InChI=1S/C13H23N3O3/c1-6-13(3,16(4)5)9(2)14-12(18)11-7-10(8-17)19-15-11/h7,9,17H,6,8H2,1-5H3,(H,14,18). The maximum Gasteiger partial charge on any atom is 0.273 e. The molecule has 0 spiro atoms. The summed E-state index contributed by atoms with van der Waals surface area (Å²) in [5, 5.41) is 15.4. The van der Waals surface area contributed by atoms with Crippen molar-refractivity contribution in [3.05, 3.63) is 17.5 Å². The zero-order chi connectivity index (χ0) is 14.6. The molecule has 0 aliphatic rings. The van der Waals surface area contributed by atoms with Gasteiger partial charge in [-0.15, -0.1) is 0 Å². The zero-order valence-corrected chi connectivity index (χ0v) is 12.2. The number of aliphatic hydroxyl groups is 1. The molecule has 6 heteroatoms. The number of aliphatic hydroxyl groups excluding tert-OH is 1. The van der Waals surface area contributed by atoms with E-state index in [1.54, 1.807) is 0 Å². The van der Waals surface area contributed by atoms with Crippen LogP contribution in [0.3, 0.4) is 0 Å². The van der Waals surface area contributed by atoms with Gasteiger partial charge in [-0.1, -0.05) is 12.1 Å². The molecule has 0 radical (unpaired) electrons. The smallest absolute Gasteiger partial charge is 0.273 e. The van der Waals surface area contributed by atoms with Crippen LogP contribution in [0.25, 0.3) is 0 Å². The van der Waals surface area contributed by atoms with Crippen molar-refractivity contribution in [1.29, 1.82) is 0 Å². The lowest BCUT2D eigenvalue weighted by atomic mass is 9.89. The van der Waals surface area contributed by atoms with E-state index in [-0.39, 0.29) is 35.5 Å². The number of rotatable bonds is 6. The van der Waals surface area contributed by atoms with E-state index < -0.39 is 0 Å². The first-order valence-electron chi connectivity index (χ1n) is 6.39. The van der Waals surface area contributed by atoms with E-state index >= 15 is 0 Å². The van der Waals surface area contributed by atoms with Crippen molar-refractivity contribution in [2.24, 2.45) is 0 Å². The summed E-state index contributed by atoms with van der Waals surface area (Å²) in [7, 11) is 3.98. The Labute approximate surface area is 113 Å². The van der Waals surface area contributed by atoms with Crippen molar-refractivity contribution in [2.45, 2.75) is 45.4 Å². The summed E-state index contributed by atoms with van der Waals surface area (Å²) < 4.78 is 4.80. The molecule has 0 aromatic carbocycles. The lowest BCUT2D eigenvalue weighted by Crippen LogP contribution is -2.56. The van der Waals surface area contributed by atoms with E-state index in [2.05, 4.69) is 29.2 Å². The van der Waals surface area contributed by atoms with E-state index in [0.717, 1.165) is 6.42 Å². The van der Waals surface area contributed by atoms with Crippen LogP contribution < -0.4 is 5.32 Å². The average molecular weight is 269 g/mol. The lowest BCUT2D eigenvalue weighted by Gasteiger charge is -2.41. The molecule has 0 saturated heterocycles. The molecule has 2 atom stereocenters. The second kappa shape index (κ2) is 6.16. The number of hydrogen-bond acceptors (Lipinski definition) is 5. The van der Waals surface area contributed by atoms with Crippen molar-refractivity contribution >= 4 is 5.91 Å². The van der Waals surface area contributed by atoms with Crippen molar-refractivity contribution in [2.75, 3.05) is 14.1 Å². The highest BCUT2D eigenvalue weighted by atomic mass is 16.5. The zero-order valence-electron chi connectivity index (χ0n) is 12.2. The number of carbonyl (C=O) groups excluding carboxylic acids is 1. The van der Waals surface area contributed by atoms with Gasteiger partial charge in [0.25, 0.3) is 5.91 Å². The van der Waals surface area contributed by atoms with Crippen LogP contribution in [0.2, 0.25) is 0 Å². The summed E-state index contributed by atoms with van der Waals surface area (Å²) >= 11 is 0. The van der Waals surface area contributed by atoms with Gasteiger partial charge in [-0.2, -0.15) is 0 Å². The Morgan fingerprint density at radius 1 is 1.63 bits per heavy atom. The minimum absolute atomic E-state index is 0.0470. The molecule has 1 aromatic rings. The van der Waals surface area contributed by atoms with Gasteiger partial charge in [0.1, 0.15) is 6.61 Å². The van der Waals surface area contributed by atoms with Gasteiger partial charge in [0, 0.05) is 17.6 Å². The molecule has 6 nitrogen and oxygen atoms in total. The summed E-state index contributed by atoms with van der Waals surface area (Å²) in [6, 6.07) is 1.40. The Balaban J connectivity index is 2.75. The van der Waals surface area contributed by atoms with Crippen molar-refractivity contribution in [3.8, 4) is 0 Å². The highest BCUT2D eigenvalue weighted by molar-refractivity contribution is 5.92. The lowest BCUT2D eigenvalue weighted by molar-refractivity contribution is 0.0811. The normalized spacial score (nSPS) is 16.2. The van der Waals surface area contributed by atoms with Gasteiger partial charge in [0.05, 0.1) is 0 Å². The Morgan fingerprint density at radius 3 is 2.68 bits per heavy atom. The molecule has 0 aliphatic carbocycles. The van der Waals surface area contributed by atoms with Crippen LogP contribution in [0, 0.1) is 0 Å². The second-order valence-electron chi connectivity index (χ2n) is 5.14. The number of aromatic nitrogens is 1. The first-order valence-corrected chi connectivity index (χ1v) is 6.39. The molecule has 2 N–H and O–H groups in total. The third kappa shape index (κ3) is 3.33. The fourth-order valence-corrected chi connectivity index (χ4v) is 1.93. The fraction of sp³-hybridized carbons (Fsp3) is 0.692. The summed E-state index contributed by atoms with van der Waals surface area (Å²) in [5.74, 6) is -0.0128. The number of nitrogens with one attached hydrogen (secondary N) is 1. The van der Waals surface area contributed by atoms with Gasteiger partial charge >= 0.3 is 0 Å². The molecule has 0 saturated carbocycles. The van der Waals surface area contributed by atoms with Crippen molar-refractivity contribution in [1.82, 2.24) is 15.4 Å². The summed E-state index contributed by atoms with van der Waals surface area (Å²) in [4.78, 5) is 14.1. The monoisotopic (exact) mass is 269 g/mol. The Hall–Kier alpha value is -1.40. The molecule has 19 heavy (non-hydrogen) atoms. The van der Waals surface area contributed by atoms with E-state index in [0.29, 0.717) is 0 Å². The van der Waals surface area contributed by atoms with Gasteiger partial charge in [0.2, 0.25) is 0 Å². The third-order valence-corrected chi connectivity index (χ3v) is 3.97. The van der Waals surface area contributed by atoms with Crippen LogP contribution in [0.1, 0.15) is 43.4 Å². The molecule has 1 heterocycles. The van der Waals surface area contributed by atoms with Crippen molar-refractivity contribution in [3.63, 3.8) is 0 Å². The van der Waals surface area contributed by atoms with Gasteiger partial charge < -0.3 is 19.8 Å². The molecule has 108 valence electrons. The topological polar surface area (TPSA) is 78.6 Å². The molecule has 1 aromatic heterocycles. The average Bonchev–Trinajstić information content (AvgIpc) is 2.86. The minimum Gasteiger partial charge on any atom is -0.388 e. The first kappa shape index (κ1) is 15.7. The highest BCUT2D eigenvalue weighted by Crippen LogP contribution is 2.21. The van der Waals surface area contributed by atoms with Crippen LogP contribution in [-0.2, 0) is 6.61 Å². The molecule has 1 rings (SSSR count). The maximum atomic E-state index is 12.0. The van der Waals surface area contributed by atoms with E-state index in [4.69, 9.17) is 9.63 Å². The molecule has 2 unspecified atom stereocenters. The molecule has 0 bridgehead atoms. The van der Waals surface area contributed by atoms with Crippen LogP contribution in [0.15, 0.2) is 10.6 Å². The van der Waals surface area contributed by atoms with Crippen LogP contribution in [0.5, 0.6) is 0 Å². The molecular weight excluding hydrogens is 246 g/mol. The Morgan fingerprint density at radius 2 is 2.26 bits per heavy atom. The van der Waals surface area contributed by atoms with Crippen LogP contribution >= 0.6 is 0 Å². The highest BCUT2D eigenvalue weighted by Gasteiger charge is 2.33. The molecule has 0 fully saturated rings. The Bertz CT molecular complexity index is 431. The number of carbonyl (C=O) groups is 1. The van der Waals surface area contributed by atoms with Crippen LogP contribution in [0.4, 0.5) is 0 Å². The van der Waals surface area contributed by atoms with Crippen LogP contribution in [-0.4, -0.2) is 46.7 Å². The quantitative estimate of drug-likeness (QED) is 0.806. The third-order valence-electron chi connectivity index (χ3n) is 3.97. The number of amides is 1. The van der Waals surface area contributed by atoms with E-state index in [9.17, 15) is 4.79 Å². The SMILES string of the molecule is CCC(C)(C(C)NC(=O)c1cc(CO)on1)N(C)C. The Kier molecular flexibility index (Phi) is 5.08. The fourth-order valence-electron chi connectivity index (χ4n) is 1.93. The predicted molar refractivity (Wildman–Crippen MR) is 71.7 cm³/mol. The summed E-state index contributed by atoms with van der Waals surface area (Å²) in [6.45, 7) is 5.89. The summed E-state index contributed by atoms with van der Waals surface area (Å²) in [6.07, 6.45) is 0.905. The van der Waals surface area contributed by atoms with E-state index in [1.807, 2.05) is 21.0 Å². The predicted octanol–water partition coefficient (Wildman–Crippen LogP) is 1.02. The molecule has 0 aliphatic heterocycles. The maximum absolute atomic E-state index is 12.0. The number of hydrogen-bond donors (Lipinski definition) is 2. The molecule has 1 amide bonds.